The van der Waals surface area contributed by atoms with Crippen LogP contribution in [0.1, 0.15) is 38.1 Å². The number of oxazole rings is 1. The molecule has 3 aromatic rings. The molecule has 0 saturated heterocycles. The Morgan fingerprint density at radius 2 is 1.88 bits per heavy atom. The lowest BCUT2D eigenvalue weighted by Crippen LogP contribution is -2.14. The molecule has 24 heavy (non-hydrogen) atoms. The van der Waals surface area contributed by atoms with E-state index in [1.807, 2.05) is 20.8 Å². The lowest BCUT2D eigenvalue weighted by Gasteiger charge is -2.11. The van der Waals surface area contributed by atoms with Gasteiger partial charge in [-0.1, -0.05) is 25.9 Å². The van der Waals surface area contributed by atoms with Crippen LogP contribution in [0.5, 0.6) is 0 Å². The number of aryl methyl sites for hydroxylation is 2. The van der Waals surface area contributed by atoms with Gasteiger partial charge in [0.2, 0.25) is 5.89 Å². The number of sulfonamides is 1. The first-order chi connectivity index (χ1) is 11.1. The second-order valence-electron chi connectivity index (χ2n) is 6.71. The van der Waals surface area contributed by atoms with Crippen molar-refractivity contribution in [1.29, 1.82) is 0 Å². The molecule has 0 fully saturated rings. The number of benzene rings is 1. The number of nitrogens with zero attached hydrogens (tertiary/aromatic N) is 2. The van der Waals surface area contributed by atoms with Crippen LogP contribution in [0.3, 0.4) is 0 Å². The van der Waals surface area contributed by atoms with Crippen LogP contribution in [0, 0.1) is 13.8 Å². The Labute approximate surface area is 140 Å². The van der Waals surface area contributed by atoms with Crippen molar-refractivity contribution in [1.82, 2.24) is 10.1 Å². The molecule has 0 radical (unpaired) electrons. The van der Waals surface area contributed by atoms with E-state index in [4.69, 9.17) is 8.94 Å². The summed E-state index contributed by atoms with van der Waals surface area (Å²) >= 11 is 0. The van der Waals surface area contributed by atoms with Crippen molar-refractivity contribution in [3.05, 3.63) is 35.5 Å². The Kier molecular flexibility index (Phi) is 3.67. The predicted octanol–water partition coefficient (Wildman–Crippen LogP) is 3.53. The third-order valence-corrected chi connectivity index (χ3v) is 5.14. The van der Waals surface area contributed by atoms with Crippen LogP contribution < -0.4 is 4.72 Å². The molecule has 8 heteroatoms. The molecule has 7 nitrogen and oxygen atoms in total. The molecular weight excluding hydrogens is 330 g/mol. The fourth-order valence-electron chi connectivity index (χ4n) is 2.38. The van der Waals surface area contributed by atoms with Crippen LogP contribution in [0.2, 0.25) is 0 Å². The summed E-state index contributed by atoms with van der Waals surface area (Å²) in [7, 11) is -3.79. The summed E-state index contributed by atoms with van der Waals surface area (Å²) in [6.07, 6.45) is 0. The van der Waals surface area contributed by atoms with Crippen LogP contribution in [0.15, 0.2) is 32.0 Å². The van der Waals surface area contributed by atoms with Gasteiger partial charge < -0.3 is 8.94 Å². The SMILES string of the molecule is Cc1noc(C)c1S(=O)(=O)Nc1ccc2oc(C(C)(C)C)nc2c1. The number of hydrogen-bond donors (Lipinski definition) is 1. The Hall–Kier alpha value is -2.35. The third-order valence-electron chi connectivity index (χ3n) is 3.52. The van der Waals surface area contributed by atoms with Gasteiger partial charge in [0.25, 0.3) is 10.0 Å². The van der Waals surface area contributed by atoms with Crippen molar-refractivity contribution in [2.75, 3.05) is 4.72 Å². The highest BCUT2D eigenvalue weighted by Crippen LogP contribution is 2.28. The van der Waals surface area contributed by atoms with Crippen molar-refractivity contribution >= 4 is 26.8 Å². The maximum Gasteiger partial charge on any atom is 0.267 e. The Morgan fingerprint density at radius 3 is 2.46 bits per heavy atom. The van der Waals surface area contributed by atoms with Crippen molar-refractivity contribution in [2.45, 2.75) is 44.9 Å². The van der Waals surface area contributed by atoms with E-state index >= 15 is 0 Å². The molecule has 128 valence electrons. The summed E-state index contributed by atoms with van der Waals surface area (Å²) in [5.74, 6) is 0.848. The molecule has 0 amide bonds. The number of rotatable bonds is 3. The monoisotopic (exact) mass is 349 g/mol. The number of nitrogens with one attached hydrogen (secondary N) is 1. The minimum absolute atomic E-state index is 0.0538. The van der Waals surface area contributed by atoms with Crippen LogP contribution in [-0.2, 0) is 15.4 Å². The molecule has 0 spiro atoms. The minimum Gasteiger partial charge on any atom is -0.440 e. The molecule has 0 aliphatic carbocycles. The third kappa shape index (κ3) is 2.89. The zero-order chi connectivity index (χ0) is 17.7. The first kappa shape index (κ1) is 16.5. The highest BCUT2D eigenvalue weighted by molar-refractivity contribution is 7.92. The van der Waals surface area contributed by atoms with Crippen molar-refractivity contribution in [2.24, 2.45) is 0 Å². The average Bonchev–Trinajstić information content (AvgIpc) is 3.01. The number of fused-ring (bicyclic) bond motifs is 1. The first-order valence-electron chi connectivity index (χ1n) is 7.45. The Bertz CT molecular complexity index is 990. The second kappa shape index (κ2) is 5.34. The normalized spacial score (nSPS) is 12.7. The topological polar surface area (TPSA) is 98.2 Å². The number of aromatic nitrogens is 2. The highest BCUT2D eigenvalue weighted by Gasteiger charge is 2.25. The van der Waals surface area contributed by atoms with Gasteiger partial charge >= 0.3 is 0 Å². The lowest BCUT2D eigenvalue weighted by atomic mass is 9.97. The van der Waals surface area contributed by atoms with Gasteiger partial charge in [-0.05, 0) is 32.0 Å². The van der Waals surface area contributed by atoms with E-state index in [-0.39, 0.29) is 16.1 Å². The molecule has 0 unspecified atom stereocenters. The van der Waals surface area contributed by atoms with E-state index in [1.54, 1.807) is 32.0 Å². The molecule has 1 aromatic carbocycles. The minimum atomic E-state index is -3.79. The lowest BCUT2D eigenvalue weighted by molar-refractivity contribution is 0.390. The zero-order valence-electron chi connectivity index (χ0n) is 14.2. The van der Waals surface area contributed by atoms with E-state index in [0.717, 1.165) is 0 Å². The molecular formula is C16H19N3O4S. The maximum absolute atomic E-state index is 12.5. The summed E-state index contributed by atoms with van der Waals surface area (Å²) in [5, 5.41) is 3.68. The predicted molar refractivity (Wildman–Crippen MR) is 89.5 cm³/mol. The summed E-state index contributed by atoms with van der Waals surface area (Å²) in [5.41, 5.74) is 1.70. The molecule has 1 N–H and O–H groups in total. The summed E-state index contributed by atoms with van der Waals surface area (Å²) < 4.78 is 38.3. The Balaban J connectivity index is 1.99. The fourth-order valence-corrected chi connectivity index (χ4v) is 3.76. The first-order valence-corrected chi connectivity index (χ1v) is 8.93. The van der Waals surface area contributed by atoms with Crippen LogP contribution >= 0.6 is 0 Å². The van der Waals surface area contributed by atoms with Crippen LogP contribution in [0.25, 0.3) is 11.1 Å². The molecule has 0 aliphatic heterocycles. The largest absolute Gasteiger partial charge is 0.440 e. The maximum atomic E-state index is 12.5. The van der Waals surface area contributed by atoms with Gasteiger partial charge in [0.15, 0.2) is 16.2 Å². The second-order valence-corrected chi connectivity index (χ2v) is 8.33. The standard InChI is InChI=1S/C16H19N3O4S/c1-9-14(10(2)23-18-9)24(20,21)19-11-6-7-13-12(8-11)17-15(22-13)16(3,4)5/h6-8,19H,1-5H3. The molecule has 2 aromatic heterocycles. The van der Waals surface area contributed by atoms with Gasteiger partial charge in [-0.3, -0.25) is 4.72 Å². The van der Waals surface area contributed by atoms with Crippen molar-refractivity contribution < 1.29 is 17.4 Å². The average molecular weight is 349 g/mol. The van der Waals surface area contributed by atoms with Gasteiger partial charge in [0, 0.05) is 5.41 Å². The smallest absolute Gasteiger partial charge is 0.267 e. The molecule has 2 heterocycles. The van der Waals surface area contributed by atoms with Crippen molar-refractivity contribution in [3.63, 3.8) is 0 Å². The van der Waals surface area contributed by atoms with E-state index in [2.05, 4.69) is 14.9 Å². The van der Waals surface area contributed by atoms with Crippen molar-refractivity contribution in [3.8, 4) is 0 Å². The van der Waals surface area contributed by atoms with Gasteiger partial charge in [0.1, 0.15) is 11.2 Å². The highest BCUT2D eigenvalue weighted by atomic mass is 32.2. The summed E-state index contributed by atoms with van der Waals surface area (Å²) in [6.45, 7) is 9.14. The number of anilines is 1. The molecule has 0 saturated carbocycles. The van der Waals surface area contributed by atoms with E-state index in [1.165, 1.54) is 0 Å². The van der Waals surface area contributed by atoms with E-state index in [9.17, 15) is 8.42 Å². The summed E-state index contributed by atoms with van der Waals surface area (Å²) in [4.78, 5) is 4.49. The van der Waals surface area contributed by atoms with Crippen LogP contribution in [-0.4, -0.2) is 18.6 Å². The molecule has 3 rings (SSSR count). The Morgan fingerprint density at radius 1 is 1.17 bits per heavy atom. The zero-order valence-corrected chi connectivity index (χ0v) is 15.0. The summed E-state index contributed by atoms with van der Waals surface area (Å²) in [6, 6.07) is 4.97. The van der Waals surface area contributed by atoms with Gasteiger partial charge in [-0.2, -0.15) is 0 Å². The van der Waals surface area contributed by atoms with Gasteiger partial charge in [-0.25, -0.2) is 13.4 Å². The fraction of sp³-hybridized carbons (Fsp3) is 0.375. The molecule has 0 bridgehead atoms. The van der Waals surface area contributed by atoms with Gasteiger partial charge in [-0.15, -0.1) is 0 Å². The van der Waals surface area contributed by atoms with E-state index in [0.29, 0.717) is 28.4 Å². The quantitative estimate of drug-likeness (QED) is 0.776. The number of hydrogen-bond acceptors (Lipinski definition) is 6. The van der Waals surface area contributed by atoms with Crippen LogP contribution in [0.4, 0.5) is 5.69 Å². The molecule has 0 atom stereocenters. The van der Waals surface area contributed by atoms with E-state index < -0.39 is 10.0 Å². The van der Waals surface area contributed by atoms with Gasteiger partial charge in [0.05, 0.1) is 5.69 Å². The molecule has 0 aliphatic rings.